The molecule has 0 bridgehead atoms. The minimum Gasteiger partial charge on any atom is -0.481 e. The first-order valence-electron chi connectivity index (χ1n) is 4.12. The van der Waals surface area contributed by atoms with E-state index in [0.29, 0.717) is 0 Å². The number of pyridine rings is 1. The van der Waals surface area contributed by atoms with Crippen LogP contribution in [0.5, 0.6) is 5.88 Å². The maximum Gasteiger partial charge on any atom is 0.417 e. The van der Waals surface area contributed by atoms with Crippen molar-refractivity contribution < 1.29 is 23.0 Å². The number of aromatic nitrogens is 1. The first-order chi connectivity index (χ1) is 6.91. The van der Waals surface area contributed by atoms with E-state index >= 15 is 0 Å². The summed E-state index contributed by atoms with van der Waals surface area (Å²) >= 11 is 0. The van der Waals surface area contributed by atoms with Crippen LogP contribution in [0.1, 0.15) is 16.7 Å². The van der Waals surface area contributed by atoms with Crippen LogP contribution in [0.15, 0.2) is 6.20 Å². The second-order valence-electron chi connectivity index (χ2n) is 2.96. The molecule has 15 heavy (non-hydrogen) atoms. The van der Waals surface area contributed by atoms with Gasteiger partial charge in [-0.2, -0.15) is 13.2 Å². The van der Waals surface area contributed by atoms with E-state index in [4.69, 9.17) is 5.11 Å². The SMILES string of the molecule is COc1ncc(C)c(C(F)(F)F)c1CO. The largest absolute Gasteiger partial charge is 0.481 e. The molecule has 0 amide bonds. The zero-order valence-corrected chi connectivity index (χ0v) is 8.22. The number of methoxy groups -OCH3 is 1. The minimum atomic E-state index is -4.52. The second-order valence-corrected chi connectivity index (χ2v) is 2.96. The molecule has 0 unspecified atom stereocenters. The standard InChI is InChI=1S/C9H10F3NO2/c1-5-3-13-8(15-2)6(4-14)7(5)9(10,11)12/h3,14H,4H2,1-2H3. The third-order valence-electron chi connectivity index (χ3n) is 1.96. The Hall–Kier alpha value is -1.30. The summed E-state index contributed by atoms with van der Waals surface area (Å²) in [4.78, 5) is 3.66. The number of nitrogens with zero attached hydrogens (tertiary/aromatic N) is 1. The molecule has 0 radical (unpaired) electrons. The molecule has 1 aromatic rings. The molecular formula is C9H10F3NO2. The third-order valence-corrected chi connectivity index (χ3v) is 1.96. The maximum atomic E-state index is 12.6. The predicted octanol–water partition coefficient (Wildman–Crippen LogP) is 1.91. The Morgan fingerprint density at radius 2 is 2.07 bits per heavy atom. The van der Waals surface area contributed by atoms with Crippen LogP contribution in [-0.4, -0.2) is 17.2 Å². The Morgan fingerprint density at radius 3 is 2.47 bits per heavy atom. The summed E-state index contributed by atoms with van der Waals surface area (Å²) in [6.45, 7) is 0.529. The van der Waals surface area contributed by atoms with Gasteiger partial charge in [0.25, 0.3) is 0 Å². The molecule has 0 fully saturated rings. The van der Waals surface area contributed by atoms with E-state index in [-0.39, 0.29) is 17.0 Å². The van der Waals surface area contributed by atoms with Gasteiger partial charge < -0.3 is 9.84 Å². The number of aliphatic hydroxyl groups is 1. The van der Waals surface area contributed by atoms with Gasteiger partial charge in [0, 0.05) is 6.20 Å². The van der Waals surface area contributed by atoms with Crippen molar-refractivity contribution in [1.29, 1.82) is 0 Å². The van der Waals surface area contributed by atoms with E-state index in [2.05, 4.69) is 9.72 Å². The highest BCUT2D eigenvalue weighted by atomic mass is 19.4. The van der Waals surface area contributed by atoms with Gasteiger partial charge in [-0.25, -0.2) is 4.98 Å². The van der Waals surface area contributed by atoms with E-state index in [9.17, 15) is 13.2 Å². The van der Waals surface area contributed by atoms with Crippen LogP contribution >= 0.6 is 0 Å². The van der Waals surface area contributed by atoms with Crippen LogP contribution in [0.25, 0.3) is 0 Å². The fourth-order valence-corrected chi connectivity index (χ4v) is 1.36. The molecular weight excluding hydrogens is 211 g/mol. The molecule has 0 aliphatic heterocycles. The van der Waals surface area contributed by atoms with Crippen LogP contribution in [0.4, 0.5) is 13.2 Å². The minimum absolute atomic E-state index is 0.0349. The molecule has 0 atom stereocenters. The number of hydrogen-bond donors (Lipinski definition) is 1. The van der Waals surface area contributed by atoms with Crippen molar-refractivity contribution in [1.82, 2.24) is 4.98 Å². The van der Waals surface area contributed by atoms with Crippen LogP contribution in [-0.2, 0) is 12.8 Å². The van der Waals surface area contributed by atoms with Gasteiger partial charge in [0.15, 0.2) is 0 Å². The third kappa shape index (κ3) is 2.20. The van der Waals surface area contributed by atoms with Gasteiger partial charge in [-0.3, -0.25) is 0 Å². The number of alkyl halides is 3. The average molecular weight is 221 g/mol. The Kier molecular flexibility index (Phi) is 3.18. The number of ether oxygens (including phenoxy) is 1. The van der Waals surface area contributed by atoms with Gasteiger partial charge in [-0.1, -0.05) is 0 Å². The number of aryl methyl sites for hydroxylation is 1. The van der Waals surface area contributed by atoms with Gasteiger partial charge in [-0.05, 0) is 12.5 Å². The summed E-state index contributed by atoms with van der Waals surface area (Å²) in [5, 5.41) is 8.90. The van der Waals surface area contributed by atoms with Gasteiger partial charge in [0.05, 0.1) is 24.8 Å². The molecule has 0 saturated heterocycles. The first kappa shape index (κ1) is 11.8. The smallest absolute Gasteiger partial charge is 0.417 e. The number of rotatable bonds is 2. The molecule has 84 valence electrons. The number of aliphatic hydroxyl groups excluding tert-OH is 1. The zero-order valence-electron chi connectivity index (χ0n) is 8.22. The normalized spacial score (nSPS) is 11.6. The lowest BCUT2D eigenvalue weighted by molar-refractivity contribution is -0.139. The van der Waals surface area contributed by atoms with E-state index in [1.165, 1.54) is 14.0 Å². The molecule has 0 aliphatic rings. The molecule has 1 rings (SSSR count). The monoisotopic (exact) mass is 221 g/mol. The summed E-state index contributed by atoms with van der Waals surface area (Å²) in [6, 6.07) is 0. The van der Waals surface area contributed by atoms with Crippen molar-refractivity contribution in [3.8, 4) is 5.88 Å². The van der Waals surface area contributed by atoms with E-state index in [1.54, 1.807) is 0 Å². The van der Waals surface area contributed by atoms with Gasteiger partial charge in [-0.15, -0.1) is 0 Å². The molecule has 1 heterocycles. The van der Waals surface area contributed by atoms with Crippen molar-refractivity contribution in [2.75, 3.05) is 7.11 Å². The summed E-state index contributed by atoms with van der Waals surface area (Å²) in [5.41, 5.74) is -1.24. The van der Waals surface area contributed by atoms with Gasteiger partial charge in [0.2, 0.25) is 5.88 Å². The highest BCUT2D eigenvalue weighted by Gasteiger charge is 2.36. The van der Waals surface area contributed by atoms with Gasteiger partial charge >= 0.3 is 6.18 Å². The van der Waals surface area contributed by atoms with Crippen molar-refractivity contribution >= 4 is 0 Å². The predicted molar refractivity (Wildman–Crippen MR) is 46.5 cm³/mol. The Morgan fingerprint density at radius 1 is 1.47 bits per heavy atom. The van der Waals surface area contributed by atoms with Crippen molar-refractivity contribution in [2.45, 2.75) is 19.7 Å². The van der Waals surface area contributed by atoms with Gasteiger partial charge in [0.1, 0.15) is 0 Å². The highest BCUT2D eigenvalue weighted by Crippen LogP contribution is 2.37. The van der Waals surface area contributed by atoms with E-state index in [1.807, 2.05) is 0 Å². The van der Waals surface area contributed by atoms with Crippen molar-refractivity contribution in [2.24, 2.45) is 0 Å². The average Bonchev–Trinajstić information content (AvgIpc) is 2.15. The summed E-state index contributed by atoms with van der Waals surface area (Å²) in [7, 11) is 1.21. The summed E-state index contributed by atoms with van der Waals surface area (Å²) < 4.78 is 42.5. The Labute approximate surface area is 84.5 Å². The molecule has 6 heteroatoms. The Bertz CT molecular complexity index is 363. The van der Waals surface area contributed by atoms with E-state index in [0.717, 1.165) is 6.20 Å². The fourth-order valence-electron chi connectivity index (χ4n) is 1.36. The van der Waals surface area contributed by atoms with Crippen LogP contribution < -0.4 is 4.74 Å². The van der Waals surface area contributed by atoms with E-state index < -0.39 is 18.3 Å². The number of hydrogen-bond acceptors (Lipinski definition) is 3. The fraction of sp³-hybridized carbons (Fsp3) is 0.444. The molecule has 0 spiro atoms. The Balaban J connectivity index is 3.46. The summed E-state index contributed by atoms with van der Waals surface area (Å²) in [5.74, 6) is -0.199. The molecule has 3 nitrogen and oxygen atoms in total. The molecule has 0 aliphatic carbocycles. The molecule has 1 N–H and O–H groups in total. The lowest BCUT2D eigenvalue weighted by Gasteiger charge is -2.15. The lowest BCUT2D eigenvalue weighted by Crippen LogP contribution is -2.13. The van der Waals surface area contributed by atoms with Crippen molar-refractivity contribution in [3.63, 3.8) is 0 Å². The molecule has 1 aromatic heterocycles. The zero-order chi connectivity index (χ0) is 11.6. The lowest BCUT2D eigenvalue weighted by atomic mass is 10.1. The summed E-state index contributed by atoms with van der Waals surface area (Å²) in [6.07, 6.45) is -3.45. The van der Waals surface area contributed by atoms with Crippen molar-refractivity contribution in [3.05, 3.63) is 22.9 Å². The quantitative estimate of drug-likeness (QED) is 0.829. The number of halogens is 3. The highest BCUT2D eigenvalue weighted by molar-refractivity contribution is 5.40. The maximum absolute atomic E-state index is 12.6. The second kappa shape index (κ2) is 4.06. The first-order valence-corrected chi connectivity index (χ1v) is 4.12. The van der Waals surface area contributed by atoms with Crippen LogP contribution in [0.2, 0.25) is 0 Å². The molecule has 0 aromatic carbocycles. The van der Waals surface area contributed by atoms with Crippen LogP contribution in [0.3, 0.4) is 0 Å². The van der Waals surface area contributed by atoms with Crippen LogP contribution in [0, 0.1) is 6.92 Å². The molecule has 0 saturated carbocycles. The topological polar surface area (TPSA) is 42.4 Å².